The number of rotatable bonds is 5. The van der Waals surface area contributed by atoms with Crippen molar-refractivity contribution in [2.45, 2.75) is 132 Å². The zero-order chi connectivity index (χ0) is 33.7. The van der Waals surface area contributed by atoms with Crippen LogP contribution in [0.5, 0.6) is 0 Å². The highest BCUT2D eigenvalue weighted by Crippen LogP contribution is 2.77. The number of nitrogens with zero attached hydrogens (tertiary/aromatic N) is 3. The van der Waals surface area contributed by atoms with E-state index in [9.17, 15) is 9.90 Å². The highest BCUT2D eigenvalue weighted by atomic mass is 16.5. The summed E-state index contributed by atoms with van der Waals surface area (Å²) in [6.07, 6.45) is 12.5. The molecule has 5 aliphatic carbocycles. The van der Waals surface area contributed by atoms with Crippen LogP contribution in [0.15, 0.2) is 36.5 Å². The Bertz CT molecular complexity index is 1580. The fourth-order valence-corrected chi connectivity index (χ4v) is 13.2. The monoisotopic (exact) mass is 641 g/mol. The Morgan fingerprint density at radius 2 is 1.72 bits per heavy atom. The number of esters is 1. The van der Waals surface area contributed by atoms with Crippen molar-refractivity contribution in [3.05, 3.63) is 53.4 Å². The fraction of sp³-hybridized carbons (Fsp3) is 0.732. The molecule has 2 aromatic rings. The van der Waals surface area contributed by atoms with Crippen LogP contribution in [0.4, 0.5) is 0 Å². The van der Waals surface area contributed by atoms with Crippen molar-refractivity contribution in [2.24, 2.45) is 56.7 Å². The number of allylic oxidation sites excluding steroid dienone is 1. The quantitative estimate of drug-likeness (QED) is 0.261. The number of aliphatic hydroxyl groups is 1. The summed E-state index contributed by atoms with van der Waals surface area (Å²) in [6, 6.07) is 6.31. The minimum Gasteiger partial charge on any atom is -0.459 e. The van der Waals surface area contributed by atoms with Crippen LogP contribution in [0.3, 0.4) is 0 Å². The van der Waals surface area contributed by atoms with Crippen molar-refractivity contribution in [3.63, 3.8) is 0 Å². The van der Waals surface area contributed by atoms with Crippen molar-refractivity contribution >= 4 is 5.97 Å². The Kier molecular flexibility index (Phi) is 7.75. The second kappa shape index (κ2) is 11.0. The number of carbonyl (C=O) groups excluding carboxylic acids is 1. The summed E-state index contributed by atoms with van der Waals surface area (Å²) in [7, 11) is 0. The van der Waals surface area contributed by atoms with Crippen LogP contribution in [-0.2, 0) is 16.1 Å². The second-order valence-electron chi connectivity index (χ2n) is 18.2. The van der Waals surface area contributed by atoms with E-state index in [0.29, 0.717) is 29.4 Å². The number of aliphatic hydroxyl groups excluding tert-OH is 1. The van der Waals surface area contributed by atoms with Crippen LogP contribution < -0.4 is 0 Å². The molecule has 0 saturated heterocycles. The standard InChI is InChI=1S/C41H59N3O3/c1-25(2)29-14-19-41(36(46)47-24-28-23-44(43-42-28)31-22-26(3)10-11-27(31)4)21-20-39(8)30(35(29)41)12-13-33-38(7)17-16-34(45)37(5,6)32(38)15-18-40(33,39)9/h10-11,22-23,29-30,32-35,45H,1,12-21,24H2,2-9H3/t29-,30+,32-,33+,34-,35+,38-,39+,40+,41-/m0/s1. The number of aromatic nitrogens is 3. The molecule has 1 N–H and O–H groups in total. The molecule has 0 bridgehead atoms. The zero-order valence-electron chi connectivity index (χ0n) is 30.4. The Labute approximate surface area is 283 Å². The van der Waals surface area contributed by atoms with E-state index < -0.39 is 5.41 Å². The van der Waals surface area contributed by atoms with Gasteiger partial charge in [0.2, 0.25) is 0 Å². The topological polar surface area (TPSA) is 77.2 Å². The van der Waals surface area contributed by atoms with E-state index in [1.54, 1.807) is 4.68 Å². The van der Waals surface area contributed by atoms with E-state index in [2.05, 4.69) is 90.5 Å². The lowest BCUT2D eigenvalue weighted by Crippen LogP contribution is -2.67. The molecule has 10 atom stereocenters. The maximum absolute atomic E-state index is 14.5. The summed E-state index contributed by atoms with van der Waals surface area (Å²) in [5, 5.41) is 19.9. The van der Waals surface area contributed by atoms with Crippen LogP contribution in [0.2, 0.25) is 0 Å². The third kappa shape index (κ3) is 4.62. The third-order valence-corrected chi connectivity index (χ3v) is 16.0. The Balaban J connectivity index is 1.16. The molecule has 6 heteroatoms. The lowest BCUT2D eigenvalue weighted by atomic mass is 9.32. The maximum atomic E-state index is 14.5. The van der Waals surface area contributed by atoms with Crippen molar-refractivity contribution in [3.8, 4) is 5.69 Å². The summed E-state index contributed by atoms with van der Waals surface area (Å²) in [5.74, 6) is 2.27. The van der Waals surface area contributed by atoms with Gasteiger partial charge in [-0.05, 0) is 153 Å². The molecule has 5 fully saturated rings. The first kappa shape index (κ1) is 33.0. The largest absolute Gasteiger partial charge is 0.459 e. The SMILES string of the molecule is C=C(C)[C@@H]1CC[C@]2(C(=O)OCc3cn(-c4cc(C)ccc4C)nn3)CC[C@]3(C)[C@H](CC[C@@H]4[C@@]5(C)CC[C@H](O)C(C)(C)[C@@H]5CC[C@]43C)[C@@H]12. The first-order chi connectivity index (χ1) is 22.1. The van der Waals surface area contributed by atoms with Gasteiger partial charge in [0.05, 0.1) is 23.4 Å². The highest BCUT2D eigenvalue weighted by molar-refractivity contribution is 5.78. The van der Waals surface area contributed by atoms with Crippen LogP contribution in [0.25, 0.3) is 5.69 Å². The average Bonchev–Trinajstić information content (AvgIpc) is 3.66. The molecule has 1 heterocycles. The summed E-state index contributed by atoms with van der Waals surface area (Å²) in [5.41, 5.74) is 5.32. The van der Waals surface area contributed by atoms with Gasteiger partial charge in [0.25, 0.3) is 0 Å². The van der Waals surface area contributed by atoms with E-state index in [0.717, 1.165) is 49.8 Å². The van der Waals surface area contributed by atoms with Gasteiger partial charge in [-0.2, -0.15) is 0 Å². The number of hydrogen-bond acceptors (Lipinski definition) is 5. The molecule has 47 heavy (non-hydrogen) atoms. The van der Waals surface area contributed by atoms with Crippen molar-refractivity contribution in [2.75, 3.05) is 0 Å². The van der Waals surface area contributed by atoms with Crippen LogP contribution in [-0.4, -0.2) is 32.2 Å². The van der Waals surface area contributed by atoms with Gasteiger partial charge in [0.15, 0.2) is 0 Å². The van der Waals surface area contributed by atoms with E-state index in [1.165, 1.54) is 36.8 Å². The molecule has 0 radical (unpaired) electrons. The highest BCUT2D eigenvalue weighted by Gasteiger charge is 2.72. The van der Waals surface area contributed by atoms with Crippen LogP contribution in [0.1, 0.15) is 123 Å². The molecule has 0 aliphatic heterocycles. The van der Waals surface area contributed by atoms with Crippen LogP contribution >= 0.6 is 0 Å². The first-order valence-corrected chi connectivity index (χ1v) is 18.6. The van der Waals surface area contributed by atoms with E-state index in [-0.39, 0.29) is 46.3 Å². The van der Waals surface area contributed by atoms with Gasteiger partial charge in [-0.15, -0.1) is 5.10 Å². The van der Waals surface area contributed by atoms with E-state index in [1.807, 2.05) is 6.20 Å². The maximum Gasteiger partial charge on any atom is 0.312 e. The van der Waals surface area contributed by atoms with Gasteiger partial charge < -0.3 is 9.84 Å². The first-order valence-electron chi connectivity index (χ1n) is 18.6. The van der Waals surface area contributed by atoms with Crippen molar-refractivity contribution in [1.82, 2.24) is 15.0 Å². The molecule has 7 rings (SSSR count). The van der Waals surface area contributed by atoms with Crippen LogP contribution in [0, 0.1) is 70.5 Å². The molecule has 5 aliphatic rings. The minimum absolute atomic E-state index is 0.0273. The summed E-state index contributed by atoms with van der Waals surface area (Å²) in [6.45, 7) is 23.5. The Hall–Kier alpha value is -2.47. The summed E-state index contributed by atoms with van der Waals surface area (Å²) in [4.78, 5) is 14.5. The van der Waals surface area contributed by atoms with Gasteiger partial charge in [-0.25, -0.2) is 4.68 Å². The van der Waals surface area contributed by atoms with Gasteiger partial charge >= 0.3 is 5.97 Å². The van der Waals surface area contributed by atoms with E-state index >= 15 is 0 Å². The molecule has 6 nitrogen and oxygen atoms in total. The lowest BCUT2D eigenvalue weighted by molar-refractivity contribution is -0.248. The Morgan fingerprint density at radius 1 is 0.957 bits per heavy atom. The number of fused-ring (bicyclic) bond motifs is 7. The molecular weight excluding hydrogens is 582 g/mol. The molecular formula is C41H59N3O3. The molecule has 5 saturated carbocycles. The van der Waals surface area contributed by atoms with Crippen molar-refractivity contribution < 1.29 is 14.6 Å². The molecule has 1 aromatic heterocycles. The van der Waals surface area contributed by atoms with Gasteiger partial charge in [0, 0.05) is 0 Å². The second-order valence-corrected chi connectivity index (χ2v) is 18.2. The fourth-order valence-electron chi connectivity index (χ4n) is 13.2. The predicted molar refractivity (Wildman–Crippen MR) is 186 cm³/mol. The van der Waals surface area contributed by atoms with Gasteiger partial charge in [0.1, 0.15) is 12.3 Å². The summed E-state index contributed by atoms with van der Waals surface area (Å²) < 4.78 is 8.06. The molecule has 0 amide bonds. The lowest BCUT2D eigenvalue weighted by Gasteiger charge is -2.72. The number of carbonyl (C=O) groups is 1. The third-order valence-electron chi connectivity index (χ3n) is 16.0. The van der Waals surface area contributed by atoms with Gasteiger partial charge in [-0.3, -0.25) is 4.79 Å². The number of benzene rings is 1. The number of ether oxygens (including phenoxy) is 1. The summed E-state index contributed by atoms with van der Waals surface area (Å²) >= 11 is 0. The normalized spacial score (nSPS) is 42.1. The predicted octanol–water partition coefficient (Wildman–Crippen LogP) is 8.95. The molecule has 0 unspecified atom stereocenters. The minimum atomic E-state index is -0.460. The molecule has 256 valence electrons. The van der Waals surface area contributed by atoms with Crippen molar-refractivity contribution in [1.29, 1.82) is 0 Å². The number of aryl methyl sites for hydroxylation is 2. The van der Waals surface area contributed by atoms with Gasteiger partial charge in [-0.1, -0.05) is 64.1 Å². The molecule has 1 aromatic carbocycles. The smallest absolute Gasteiger partial charge is 0.312 e. The average molecular weight is 642 g/mol. The number of hydrogen-bond donors (Lipinski definition) is 1. The molecule has 0 spiro atoms. The van der Waals surface area contributed by atoms with E-state index in [4.69, 9.17) is 4.74 Å². The zero-order valence-corrected chi connectivity index (χ0v) is 30.4. The Morgan fingerprint density at radius 3 is 2.47 bits per heavy atom.